The van der Waals surface area contributed by atoms with Crippen LogP contribution >= 0.6 is 19.2 Å². The number of aryl methyl sites for hydroxylation is 3. The van der Waals surface area contributed by atoms with Gasteiger partial charge >= 0.3 is 7.82 Å². The molecule has 0 bridgehead atoms. The maximum Gasteiger partial charge on any atom is 0.469 e. The topological polar surface area (TPSA) is 92.8 Å². The van der Waals surface area contributed by atoms with Crippen LogP contribution in [0.1, 0.15) is 47.9 Å². The summed E-state index contributed by atoms with van der Waals surface area (Å²) in [6.07, 6.45) is 7.27. The molecular formula is C20H30NO4PS. The van der Waals surface area contributed by atoms with E-state index in [9.17, 15) is 4.57 Å². The highest BCUT2D eigenvalue weighted by molar-refractivity contribution is 7.46. The molecule has 27 heavy (non-hydrogen) atoms. The fourth-order valence-corrected chi connectivity index (χ4v) is 4.38. The van der Waals surface area contributed by atoms with Gasteiger partial charge in [0.1, 0.15) is 0 Å². The van der Waals surface area contributed by atoms with E-state index in [0.717, 1.165) is 19.3 Å². The molecule has 1 atom stereocenters. The Balaban J connectivity index is 1.64. The molecule has 1 unspecified atom stereocenters. The van der Waals surface area contributed by atoms with Crippen LogP contribution in [0.15, 0.2) is 42.5 Å². The molecule has 0 aliphatic carbocycles. The number of phosphoric ester groups is 1. The summed E-state index contributed by atoms with van der Waals surface area (Å²) in [5.74, 6) is 0. The van der Waals surface area contributed by atoms with E-state index in [1.165, 1.54) is 34.6 Å². The van der Waals surface area contributed by atoms with Crippen molar-refractivity contribution in [2.45, 2.75) is 57.4 Å². The number of benzene rings is 1. The SMILES string of the molecule is CC(N)(CCc1ccc(CCCCCc2ccccc2)s1)COP(=O)(O)O. The lowest BCUT2D eigenvalue weighted by molar-refractivity contribution is 0.154. The summed E-state index contributed by atoms with van der Waals surface area (Å²) in [6, 6.07) is 14.9. The number of unbranched alkanes of at least 4 members (excludes halogenated alkanes) is 2. The molecule has 5 nitrogen and oxygen atoms in total. The third-order valence-corrected chi connectivity index (χ3v) is 6.12. The van der Waals surface area contributed by atoms with Crippen molar-refractivity contribution >= 4 is 19.2 Å². The molecule has 0 fully saturated rings. The lowest BCUT2D eigenvalue weighted by Gasteiger charge is -2.24. The molecule has 0 spiro atoms. The van der Waals surface area contributed by atoms with E-state index in [0.29, 0.717) is 6.42 Å². The van der Waals surface area contributed by atoms with Gasteiger partial charge in [-0.15, -0.1) is 11.3 Å². The van der Waals surface area contributed by atoms with E-state index in [4.69, 9.17) is 15.5 Å². The van der Waals surface area contributed by atoms with Crippen molar-refractivity contribution in [1.29, 1.82) is 0 Å². The lowest BCUT2D eigenvalue weighted by atomic mass is 9.98. The Morgan fingerprint density at radius 3 is 2.30 bits per heavy atom. The molecule has 4 N–H and O–H groups in total. The summed E-state index contributed by atoms with van der Waals surface area (Å²) in [4.78, 5) is 20.2. The first-order chi connectivity index (χ1) is 12.7. The number of rotatable bonds is 12. The fraction of sp³-hybridized carbons (Fsp3) is 0.500. The van der Waals surface area contributed by atoms with Crippen LogP contribution in [0.3, 0.4) is 0 Å². The van der Waals surface area contributed by atoms with Crippen molar-refractivity contribution in [3.05, 3.63) is 57.8 Å². The smallest absolute Gasteiger partial charge is 0.323 e. The van der Waals surface area contributed by atoms with Crippen molar-refractivity contribution < 1.29 is 18.9 Å². The van der Waals surface area contributed by atoms with Crippen molar-refractivity contribution in [2.24, 2.45) is 5.73 Å². The van der Waals surface area contributed by atoms with Gasteiger partial charge in [-0.3, -0.25) is 4.52 Å². The molecule has 0 saturated carbocycles. The molecular weight excluding hydrogens is 381 g/mol. The predicted octanol–water partition coefficient (Wildman–Crippen LogP) is 4.46. The van der Waals surface area contributed by atoms with Crippen LogP contribution in [0.25, 0.3) is 0 Å². The van der Waals surface area contributed by atoms with Gasteiger partial charge in [0.2, 0.25) is 0 Å². The van der Waals surface area contributed by atoms with Gasteiger partial charge in [-0.25, -0.2) is 4.57 Å². The molecule has 1 aromatic carbocycles. The summed E-state index contributed by atoms with van der Waals surface area (Å²) in [5, 5.41) is 0. The monoisotopic (exact) mass is 411 g/mol. The zero-order chi connectivity index (χ0) is 19.8. The van der Waals surface area contributed by atoms with Gasteiger partial charge in [0.15, 0.2) is 0 Å². The van der Waals surface area contributed by atoms with Crippen LogP contribution in [0.2, 0.25) is 0 Å². The van der Waals surface area contributed by atoms with Crippen molar-refractivity contribution in [3.63, 3.8) is 0 Å². The molecule has 0 saturated heterocycles. The van der Waals surface area contributed by atoms with Crippen molar-refractivity contribution in [3.8, 4) is 0 Å². The predicted molar refractivity (Wildman–Crippen MR) is 111 cm³/mol. The van der Waals surface area contributed by atoms with Crippen molar-refractivity contribution in [1.82, 2.24) is 0 Å². The van der Waals surface area contributed by atoms with Crippen LogP contribution in [-0.2, 0) is 28.4 Å². The lowest BCUT2D eigenvalue weighted by Crippen LogP contribution is -2.41. The van der Waals surface area contributed by atoms with E-state index < -0.39 is 13.4 Å². The van der Waals surface area contributed by atoms with Gasteiger partial charge in [-0.1, -0.05) is 36.8 Å². The quantitative estimate of drug-likeness (QED) is 0.354. The second-order valence-electron chi connectivity index (χ2n) is 7.33. The molecule has 0 radical (unpaired) electrons. The molecule has 2 rings (SSSR count). The summed E-state index contributed by atoms with van der Waals surface area (Å²) in [7, 11) is -4.47. The maximum absolute atomic E-state index is 10.8. The van der Waals surface area contributed by atoms with Gasteiger partial charge in [-0.2, -0.15) is 0 Å². The third-order valence-electron chi connectivity index (χ3n) is 4.45. The van der Waals surface area contributed by atoms with Gasteiger partial charge in [-0.05, 0) is 63.1 Å². The molecule has 0 aliphatic heterocycles. The van der Waals surface area contributed by atoms with Crippen LogP contribution in [0.4, 0.5) is 0 Å². The highest BCUT2D eigenvalue weighted by Crippen LogP contribution is 2.37. The molecule has 0 amide bonds. The summed E-state index contributed by atoms with van der Waals surface area (Å²) < 4.78 is 15.3. The van der Waals surface area contributed by atoms with Crippen LogP contribution in [0.5, 0.6) is 0 Å². The molecule has 0 aliphatic rings. The molecule has 7 heteroatoms. The maximum atomic E-state index is 10.8. The molecule has 2 aromatic rings. The Kier molecular flexibility index (Phi) is 8.67. The van der Waals surface area contributed by atoms with E-state index in [1.807, 2.05) is 0 Å². The Morgan fingerprint density at radius 1 is 1.00 bits per heavy atom. The largest absolute Gasteiger partial charge is 0.469 e. The van der Waals surface area contributed by atoms with E-state index in [2.05, 4.69) is 47.0 Å². The van der Waals surface area contributed by atoms with Crippen molar-refractivity contribution in [2.75, 3.05) is 6.61 Å². The average Bonchev–Trinajstić information content (AvgIpc) is 3.07. The number of hydrogen-bond acceptors (Lipinski definition) is 4. The first-order valence-corrected chi connectivity index (χ1v) is 11.7. The number of nitrogens with two attached hydrogens (primary N) is 1. The third kappa shape index (κ3) is 9.65. The van der Waals surface area contributed by atoms with Crippen LogP contribution in [-0.4, -0.2) is 21.9 Å². The summed E-state index contributed by atoms with van der Waals surface area (Å²) >= 11 is 1.80. The molecule has 1 heterocycles. The van der Waals surface area contributed by atoms with E-state index in [1.54, 1.807) is 18.3 Å². The minimum Gasteiger partial charge on any atom is -0.323 e. The van der Waals surface area contributed by atoms with Gasteiger partial charge in [0.25, 0.3) is 0 Å². The van der Waals surface area contributed by atoms with Gasteiger partial charge < -0.3 is 15.5 Å². The second-order valence-corrected chi connectivity index (χ2v) is 9.82. The zero-order valence-electron chi connectivity index (χ0n) is 15.8. The van der Waals surface area contributed by atoms with E-state index in [-0.39, 0.29) is 6.61 Å². The Hall–Kier alpha value is -1.01. The second kappa shape index (κ2) is 10.5. The van der Waals surface area contributed by atoms with Crippen LogP contribution < -0.4 is 5.73 Å². The number of hydrogen-bond donors (Lipinski definition) is 3. The normalized spacial score (nSPS) is 14.2. The highest BCUT2D eigenvalue weighted by Gasteiger charge is 2.24. The Labute approximate surface area is 165 Å². The van der Waals surface area contributed by atoms with E-state index >= 15 is 0 Å². The number of thiophene rings is 1. The minimum atomic E-state index is -4.47. The standard InChI is InChI=1S/C20H30NO4PS/c1-20(21,16-25-26(22,23)24)15-14-19-13-12-18(27-19)11-7-3-6-10-17-8-4-2-5-9-17/h2,4-5,8-9,12-13H,3,6-7,10-11,14-16,21H2,1H3,(H2,22,23,24). The van der Waals surface area contributed by atoms with Crippen LogP contribution in [0, 0.1) is 0 Å². The minimum absolute atomic E-state index is 0.156. The first-order valence-electron chi connectivity index (χ1n) is 9.34. The molecule has 1 aromatic heterocycles. The first kappa shape index (κ1) is 22.3. The summed E-state index contributed by atoms with van der Waals surface area (Å²) in [5.41, 5.74) is 6.72. The summed E-state index contributed by atoms with van der Waals surface area (Å²) in [6.45, 7) is 1.60. The zero-order valence-corrected chi connectivity index (χ0v) is 17.6. The van der Waals surface area contributed by atoms with Gasteiger partial charge in [0, 0.05) is 15.3 Å². The average molecular weight is 412 g/mol. The Morgan fingerprint density at radius 2 is 1.63 bits per heavy atom. The van der Waals surface area contributed by atoms with Gasteiger partial charge in [0.05, 0.1) is 6.61 Å². The number of phosphoric acid groups is 1. The fourth-order valence-electron chi connectivity index (χ4n) is 2.85. The molecule has 150 valence electrons. The highest BCUT2D eigenvalue weighted by atomic mass is 32.1. The Bertz CT molecular complexity index is 727.